The molecule has 0 aliphatic heterocycles. The number of ether oxygens (including phenoxy) is 2. The molecule has 0 spiro atoms. The summed E-state index contributed by atoms with van der Waals surface area (Å²) in [7, 11) is 3.18. The second-order valence-electron chi connectivity index (χ2n) is 5.44. The molecule has 7 nitrogen and oxygen atoms in total. The first kappa shape index (κ1) is 17.2. The molecule has 0 saturated carbocycles. The standard InChI is InChI=1S/C19H18N4O3/c1-25-13-7-12(8-14(9-13)26-2)17-10-18(23-19(20)21-11-24)15-5-3-4-6-16(15)22-17/h3-11H,1-2H3,(H3,20,21,22,23,24). The monoisotopic (exact) mass is 350 g/mol. The number of nitrogens with zero attached hydrogens (tertiary/aromatic N) is 1. The number of carbonyl (C=O) groups is 1. The minimum Gasteiger partial charge on any atom is -0.497 e. The molecule has 1 aromatic heterocycles. The first-order valence-corrected chi connectivity index (χ1v) is 7.83. The van der Waals surface area contributed by atoms with Crippen molar-refractivity contribution in [2.75, 3.05) is 19.5 Å². The van der Waals surface area contributed by atoms with Crippen molar-refractivity contribution in [2.24, 2.45) is 0 Å². The van der Waals surface area contributed by atoms with Crippen molar-refractivity contribution in [3.05, 3.63) is 48.5 Å². The summed E-state index contributed by atoms with van der Waals surface area (Å²) >= 11 is 0. The zero-order valence-electron chi connectivity index (χ0n) is 14.4. The van der Waals surface area contributed by atoms with Crippen molar-refractivity contribution in [1.29, 1.82) is 5.41 Å². The van der Waals surface area contributed by atoms with Gasteiger partial charge >= 0.3 is 0 Å². The number of anilines is 1. The number of benzene rings is 2. The fourth-order valence-electron chi connectivity index (χ4n) is 2.61. The van der Waals surface area contributed by atoms with Gasteiger partial charge in [-0.05, 0) is 24.3 Å². The molecule has 26 heavy (non-hydrogen) atoms. The molecule has 0 bridgehead atoms. The summed E-state index contributed by atoms with van der Waals surface area (Å²) in [5.41, 5.74) is 2.91. The van der Waals surface area contributed by atoms with E-state index in [4.69, 9.17) is 19.9 Å². The van der Waals surface area contributed by atoms with Crippen LogP contribution in [0.5, 0.6) is 11.5 Å². The van der Waals surface area contributed by atoms with E-state index in [0.717, 1.165) is 16.5 Å². The lowest BCUT2D eigenvalue weighted by Gasteiger charge is -2.13. The van der Waals surface area contributed by atoms with Crippen molar-refractivity contribution in [3.8, 4) is 22.8 Å². The van der Waals surface area contributed by atoms with Crippen LogP contribution in [0.1, 0.15) is 0 Å². The van der Waals surface area contributed by atoms with Crippen LogP contribution in [0.4, 0.5) is 5.69 Å². The molecule has 0 atom stereocenters. The van der Waals surface area contributed by atoms with Gasteiger partial charge in [-0.3, -0.25) is 15.5 Å². The Hall–Kier alpha value is -3.61. The summed E-state index contributed by atoms with van der Waals surface area (Å²) in [6.07, 6.45) is 0.451. The van der Waals surface area contributed by atoms with Gasteiger partial charge in [-0.25, -0.2) is 4.98 Å². The number of methoxy groups -OCH3 is 2. The molecule has 0 fully saturated rings. The van der Waals surface area contributed by atoms with E-state index in [1.54, 1.807) is 20.3 Å². The van der Waals surface area contributed by atoms with Gasteiger partial charge in [0.25, 0.3) is 0 Å². The number of nitrogens with one attached hydrogen (secondary N) is 3. The van der Waals surface area contributed by atoms with E-state index < -0.39 is 0 Å². The first-order valence-electron chi connectivity index (χ1n) is 7.83. The van der Waals surface area contributed by atoms with E-state index in [2.05, 4.69) is 10.6 Å². The minimum atomic E-state index is -0.120. The third kappa shape index (κ3) is 3.56. The lowest BCUT2D eigenvalue weighted by molar-refractivity contribution is -0.108. The molecule has 0 radical (unpaired) electrons. The van der Waals surface area contributed by atoms with Crippen LogP contribution in [0.3, 0.4) is 0 Å². The summed E-state index contributed by atoms with van der Waals surface area (Å²) in [5, 5.41) is 13.8. The molecule has 7 heteroatoms. The highest BCUT2D eigenvalue weighted by Crippen LogP contribution is 2.32. The predicted molar refractivity (Wildman–Crippen MR) is 101 cm³/mol. The Morgan fingerprint density at radius 1 is 1.08 bits per heavy atom. The molecule has 0 saturated heterocycles. The summed E-state index contributed by atoms with van der Waals surface area (Å²) in [4.78, 5) is 15.3. The Morgan fingerprint density at radius 3 is 2.42 bits per heavy atom. The highest BCUT2D eigenvalue weighted by Gasteiger charge is 2.11. The molecule has 2 aromatic carbocycles. The molecule has 0 unspecified atom stereocenters. The number of fused-ring (bicyclic) bond motifs is 1. The fraction of sp³-hybridized carbons (Fsp3) is 0.105. The van der Waals surface area contributed by atoms with Crippen LogP contribution in [0.25, 0.3) is 22.2 Å². The number of rotatable bonds is 5. The summed E-state index contributed by atoms with van der Waals surface area (Å²) in [6.45, 7) is 0. The number of carbonyl (C=O) groups excluding carboxylic acids is 1. The number of amides is 1. The van der Waals surface area contributed by atoms with E-state index in [-0.39, 0.29) is 5.96 Å². The number of para-hydroxylation sites is 1. The Bertz CT molecular complexity index is 950. The SMILES string of the molecule is COc1cc(OC)cc(-c2cc(NC(=N)NC=O)c3ccccc3n2)c1. The van der Waals surface area contributed by atoms with Crippen molar-refractivity contribution in [1.82, 2.24) is 10.3 Å². The largest absolute Gasteiger partial charge is 0.497 e. The van der Waals surface area contributed by atoms with E-state index in [0.29, 0.717) is 29.3 Å². The molecule has 0 aliphatic carbocycles. The topological polar surface area (TPSA) is 96.3 Å². The summed E-state index contributed by atoms with van der Waals surface area (Å²) in [5.74, 6) is 1.18. The number of guanidine groups is 1. The Morgan fingerprint density at radius 2 is 1.77 bits per heavy atom. The lowest BCUT2D eigenvalue weighted by atomic mass is 10.1. The van der Waals surface area contributed by atoms with Crippen molar-refractivity contribution >= 4 is 29.0 Å². The summed E-state index contributed by atoms with van der Waals surface area (Å²) in [6, 6.07) is 14.9. The van der Waals surface area contributed by atoms with Gasteiger partial charge in [0, 0.05) is 17.0 Å². The number of hydrogen-bond donors (Lipinski definition) is 3. The zero-order chi connectivity index (χ0) is 18.5. The van der Waals surface area contributed by atoms with Gasteiger partial charge in [-0.2, -0.15) is 0 Å². The average molecular weight is 350 g/mol. The van der Waals surface area contributed by atoms with Gasteiger partial charge < -0.3 is 14.8 Å². The van der Waals surface area contributed by atoms with Crippen LogP contribution < -0.4 is 20.1 Å². The lowest BCUT2D eigenvalue weighted by Crippen LogP contribution is -2.28. The second kappa shape index (κ2) is 7.52. The Labute approximate surface area is 150 Å². The van der Waals surface area contributed by atoms with E-state index >= 15 is 0 Å². The zero-order valence-corrected chi connectivity index (χ0v) is 14.4. The predicted octanol–water partition coefficient (Wildman–Crippen LogP) is 3.01. The van der Waals surface area contributed by atoms with Crippen LogP contribution in [0.2, 0.25) is 0 Å². The average Bonchev–Trinajstić information content (AvgIpc) is 2.67. The van der Waals surface area contributed by atoms with Gasteiger partial charge in [0.15, 0.2) is 5.96 Å². The molecule has 3 N–H and O–H groups in total. The molecule has 1 amide bonds. The van der Waals surface area contributed by atoms with Gasteiger partial charge in [0.05, 0.1) is 31.1 Å². The normalized spacial score (nSPS) is 10.2. The highest BCUT2D eigenvalue weighted by molar-refractivity contribution is 6.04. The van der Waals surface area contributed by atoms with Crippen LogP contribution in [-0.4, -0.2) is 31.6 Å². The van der Waals surface area contributed by atoms with Crippen molar-refractivity contribution in [3.63, 3.8) is 0 Å². The second-order valence-corrected chi connectivity index (χ2v) is 5.44. The van der Waals surface area contributed by atoms with E-state index in [1.807, 2.05) is 42.5 Å². The van der Waals surface area contributed by atoms with Crippen LogP contribution >= 0.6 is 0 Å². The molecule has 3 aromatic rings. The molecule has 0 aliphatic rings. The molecule has 3 rings (SSSR count). The number of hydrogen-bond acceptors (Lipinski definition) is 5. The van der Waals surface area contributed by atoms with Gasteiger partial charge in [-0.15, -0.1) is 0 Å². The van der Waals surface area contributed by atoms with Crippen molar-refractivity contribution in [2.45, 2.75) is 0 Å². The van der Waals surface area contributed by atoms with Crippen LogP contribution in [0.15, 0.2) is 48.5 Å². The Balaban J connectivity index is 2.15. The number of aromatic nitrogens is 1. The smallest absolute Gasteiger partial charge is 0.213 e. The maximum absolute atomic E-state index is 10.6. The molecular formula is C19H18N4O3. The quantitative estimate of drug-likeness (QED) is 0.373. The summed E-state index contributed by atoms with van der Waals surface area (Å²) < 4.78 is 10.7. The fourth-order valence-corrected chi connectivity index (χ4v) is 2.61. The van der Waals surface area contributed by atoms with Gasteiger partial charge in [0.1, 0.15) is 11.5 Å². The molecule has 1 heterocycles. The van der Waals surface area contributed by atoms with Crippen LogP contribution in [-0.2, 0) is 4.79 Å². The third-order valence-electron chi connectivity index (χ3n) is 3.83. The number of pyridine rings is 1. The Kier molecular flexibility index (Phi) is 4.98. The first-order chi connectivity index (χ1) is 12.6. The van der Waals surface area contributed by atoms with E-state index in [1.165, 1.54) is 0 Å². The third-order valence-corrected chi connectivity index (χ3v) is 3.83. The minimum absolute atomic E-state index is 0.120. The molecule has 132 valence electrons. The van der Waals surface area contributed by atoms with Crippen LogP contribution in [0, 0.1) is 5.41 Å². The molecular weight excluding hydrogens is 332 g/mol. The van der Waals surface area contributed by atoms with Gasteiger partial charge in [0.2, 0.25) is 6.41 Å². The van der Waals surface area contributed by atoms with E-state index in [9.17, 15) is 4.79 Å². The van der Waals surface area contributed by atoms with Crippen molar-refractivity contribution < 1.29 is 14.3 Å². The maximum Gasteiger partial charge on any atom is 0.213 e. The maximum atomic E-state index is 10.6. The van der Waals surface area contributed by atoms with Gasteiger partial charge in [-0.1, -0.05) is 18.2 Å². The highest BCUT2D eigenvalue weighted by atomic mass is 16.5.